The summed E-state index contributed by atoms with van der Waals surface area (Å²) in [7, 11) is 1.57. The van der Waals surface area contributed by atoms with Crippen molar-refractivity contribution in [3.63, 3.8) is 0 Å². The van der Waals surface area contributed by atoms with Crippen LogP contribution >= 0.6 is 11.6 Å². The first-order chi connectivity index (χ1) is 8.24. The highest BCUT2D eigenvalue weighted by Gasteiger charge is 2.06. The van der Waals surface area contributed by atoms with Crippen LogP contribution in [-0.2, 0) is 0 Å². The topological polar surface area (TPSA) is 26.3 Å². The minimum Gasteiger partial charge on any atom is -0.497 e. The minimum atomic E-state index is 0.589. The lowest BCUT2D eigenvalue weighted by Crippen LogP contribution is -1.90. The molecule has 17 heavy (non-hydrogen) atoms. The molecule has 0 aliphatic rings. The molecule has 0 bridgehead atoms. The van der Waals surface area contributed by atoms with E-state index in [0.29, 0.717) is 16.3 Å². The summed E-state index contributed by atoms with van der Waals surface area (Å²) in [6.45, 7) is 0. The zero-order valence-corrected chi connectivity index (χ0v) is 10.1. The molecule has 0 unspecified atom stereocenters. The summed E-state index contributed by atoms with van der Waals surface area (Å²) >= 11 is 5.94. The number of methoxy groups -OCH3 is 1. The van der Waals surface area contributed by atoms with Gasteiger partial charge in [0.15, 0.2) is 6.29 Å². The van der Waals surface area contributed by atoms with Crippen LogP contribution in [0, 0.1) is 0 Å². The highest BCUT2D eigenvalue weighted by molar-refractivity contribution is 6.30. The number of hydrogen-bond donors (Lipinski definition) is 0. The molecule has 0 atom stereocenters. The lowest BCUT2D eigenvalue weighted by molar-refractivity contribution is 0.112. The van der Waals surface area contributed by atoms with Crippen molar-refractivity contribution < 1.29 is 9.53 Å². The Labute approximate surface area is 105 Å². The molecule has 0 radical (unpaired) electrons. The maximum atomic E-state index is 11.1. The van der Waals surface area contributed by atoms with Gasteiger partial charge in [-0.05, 0) is 41.5 Å². The average Bonchev–Trinajstić information content (AvgIpc) is 2.38. The van der Waals surface area contributed by atoms with Crippen LogP contribution in [0.1, 0.15) is 10.4 Å². The van der Waals surface area contributed by atoms with Crippen molar-refractivity contribution in [2.45, 2.75) is 0 Å². The Kier molecular flexibility index (Phi) is 3.45. The van der Waals surface area contributed by atoms with E-state index in [0.717, 1.165) is 17.4 Å². The van der Waals surface area contributed by atoms with Crippen LogP contribution in [0.5, 0.6) is 5.75 Å². The minimum absolute atomic E-state index is 0.589. The van der Waals surface area contributed by atoms with Gasteiger partial charge in [0.25, 0.3) is 0 Å². The first-order valence-electron chi connectivity index (χ1n) is 5.14. The molecule has 0 aromatic heterocycles. The van der Waals surface area contributed by atoms with E-state index in [9.17, 15) is 4.79 Å². The number of hydrogen-bond acceptors (Lipinski definition) is 2. The normalized spacial score (nSPS) is 10.0. The molecule has 2 aromatic rings. The van der Waals surface area contributed by atoms with Crippen molar-refractivity contribution >= 4 is 17.9 Å². The smallest absolute Gasteiger partial charge is 0.150 e. The van der Waals surface area contributed by atoms with Crippen molar-refractivity contribution in [2.75, 3.05) is 7.11 Å². The first kappa shape index (κ1) is 11.7. The third-order valence-corrected chi connectivity index (χ3v) is 2.76. The molecule has 0 aliphatic heterocycles. The van der Waals surface area contributed by atoms with Crippen LogP contribution in [-0.4, -0.2) is 13.4 Å². The Balaban J connectivity index is 2.55. The third-order valence-electron chi connectivity index (χ3n) is 2.52. The second-order valence-corrected chi connectivity index (χ2v) is 4.02. The van der Waals surface area contributed by atoms with Gasteiger partial charge in [-0.3, -0.25) is 4.79 Å². The number of ether oxygens (including phenoxy) is 1. The lowest BCUT2D eigenvalue weighted by Gasteiger charge is -2.07. The van der Waals surface area contributed by atoms with E-state index < -0.39 is 0 Å². The van der Waals surface area contributed by atoms with E-state index >= 15 is 0 Å². The van der Waals surface area contributed by atoms with Crippen molar-refractivity contribution in [3.8, 4) is 16.9 Å². The summed E-state index contributed by atoms with van der Waals surface area (Å²) in [4.78, 5) is 11.1. The van der Waals surface area contributed by atoms with E-state index in [1.165, 1.54) is 0 Å². The number of carbonyl (C=O) groups is 1. The average molecular weight is 247 g/mol. The van der Waals surface area contributed by atoms with E-state index in [-0.39, 0.29) is 0 Å². The molecule has 0 aliphatic carbocycles. The Hall–Kier alpha value is -1.80. The maximum absolute atomic E-state index is 11.1. The van der Waals surface area contributed by atoms with Gasteiger partial charge in [0, 0.05) is 10.6 Å². The second-order valence-electron chi connectivity index (χ2n) is 3.58. The van der Waals surface area contributed by atoms with Gasteiger partial charge in [0.05, 0.1) is 7.11 Å². The van der Waals surface area contributed by atoms with Crippen molar-refractivity contribution in [3.05, 3.63) is 53.1 Å². The van der Waals surface area contributed by atoms with Crippen molar-refractivity contribution in [1.82, 2.24) is 0 Å². The highest BCUT2D eigenvalue weighted by atomic mass is 35.5. The van der Waals surface area contributed by atoms with Crippen molar-refractivity contribution in [2.24, 2.45) is 0 Å². The number of rotatable bonds is 3. The molecular formula is C14H11ClO2. The maximum Gasteiger partial charge on any atom is 0.150 e. The third kappa shape index (κ3) is 2.48. The monoisotopic (exact) mass is 246 g/mol. The molecule has 0 amide bonds. The molecular weight excluding hydrogens is 236 g/mol. The molecule has 0 saturated heterocycles. The summed E-state index contributed by atoms with van der Waals surface area (Å²) < 4.78 is 5.09. The van der Waals surface area contributed by atoms with Crippen LogP contribution < -0.4 is 4.74 Å². The fourth-order valence-electron chi connectivity index (χ4n) is 1.68. The predicted octanol–water partition coefficient (Wildman–Crippen LogP) is 3.83. The molecule has 0 N–H and O–H groups in total. The Bertz CT molecular complexity index is 550. The number of aldehydes is 1. The standard InChI is InChI=1S/C14H11ClO2/c1-17-13-5-6-14(11(8-13)9-16)10-3-2-4-12(15)7-10/h2-9H,1H3. The van der Waals surface area contributed by atoms with Crippen LogP contribution in [0.4, 0.5) is 0 Å². The quantitative estimate of drug-likeness (QED) is 0.770. The molecule has 2 rings (SSSR count). The lowest BCUT2D eigenvalue weighted by atomic mass is 10.0. The summed E-state index contributed by atoms with van der Waals surface area (Å²) in [5, 5.41) is 0.648. The molecule has 2 aromatic carbocycles. The Morgan fingerprint density at radius 2 is 2.00 bits per heavy atom. The summed E-state index contributed by atoms with van der Waals surface area (Å²) in [6, 6.07) is 12.8. The van der Waals surface area contributed by atoms with Gasteiger partial charge < -0.3 is 4.74 Å². The molecule has 2 nitrogen and oxygen atoms in total. The first-order valence-corrected chi connectivity index (χ1v) is 5.51. The number of carbonyl (C=O) groups excluding carboxylic acids is 1. The van der Waals surface area contributed by atoms with Gasteiger partial charge in [-0.25, -0.2) is 0 Å². The van der Waals surface area contributed by atoms with E-state index in [4.69, 9.17) is 16.3 Å². The van der Waals surface area contributed by atoms with Crippen LogP contribution in [0.3, 0.4) is 0 Å². The zero-order chi connectivity index (χ0) is 12.3. The molecule has 0 spiro atoms. The van der Waals surface area contributed by atoms with E-state index in [1.807, 2.05) is 30.3 Å². The summed E-state index contributed by atoms with van der Waals surface area (Å²) in [5.41, 5.74) is 2.36. The van der Waals surface area contributed by atoms with Gasteiger partial charge in [-0.2, -0.15) is 0 Å². The zero-order valence-electron chi connectivity index (χ0n) is 9.31. The molecule has 0 saturated carbocycles. The predicted molar refractivity (Wildman–Crippen MR) is 68.8 cm³/mol. The number of benzene rings is 2. The molecule has 3 heteroatoms. The summed E-state index contributed by atoms with van der Waals surface area (Å²) in [6.07, 6.45) is 0.818. The Morgan fingerprint density at radius 3 is 2.65 bits per heavy atom. The summed E-state index contributed by atoms with van der Waals surface area (Å²) in [5.74, 6) is 0.665. The van der Waals surface area contributed by atoms with Gasteiger partial charge in [-0.1, -0.05) is 23.7 Å². The molecule has 86 valence electrons. The van der Waals surface area contributed by atoms with E-state index in [1.54, 1.807) is 19.2 Å². The number of halogens is 1. The van der Waals surface area contributed by atoms with Gasteiger partial charge in [0.1, 0.15) is 5.75 Å². The fraction of sp³-hybridized carbons (Fsp3) is 0.0714. The molecule has 0 heterocycles. The largest absolute Gasteiger partial charge is 0.497 e. The van der Waals surface area contributed by atoms with Gasteiger partial charge >= 0.3 is 0 Å². The molecule has 0 fully saturated rings. The fourth-order valence-corrected chi connectivity index (χ4v) is 1.87. The van der Waals surface area contributed by atoms with Crippen LogP contribution in [0.15, 0.2) is 42.5 Å². The Morgan fingerprint density at radius 1 is 1.18 bits per heavy atom. The van der Waals surface area contributed by atoms with Crippen molar-refractivity contribution in [1.29, 1.82) is 0 Å². The van der Waals surface area contributed by atoms with Crippen LogP contribution in [0.2, 0.25) is 5.02 Å². The van der Waals surface area contributed by atoms with Crippen LogP contribution in [0.25, 0.3) is 11.1 Å². The SMILES string of the molecule is COc1ccc(-c2cccc(Cl)c2)c(C=O)c1. The second kappa shape index (κ2) is 5.02. The van der Waals surface area contributed by atoms with Gasteiger partial charge in [0.2, 0.25) is 0 Å². The van der Waals surface area contributed by atoms with E-state index in [2.05, 4.69) is 0 Å². The highest BCUT2D eigenvalue weighted by Crippen LogP contribution is 2.28. The van der Waals surface area contributed by atoms with Gasteiger partial charge in [-0.15, -0.1) is 0 Å².